The van der Waals surface area contributed by atoms with Crippen LogP contribution in [-0.2, 0) is 23.0 Å². The second-order valence-electron chi connectivity index (χ2n) is 7.75. The van der Waals surface area contributed by atoms with Crippen LogP contribution in [0.2, 0.25) is 5.02 Å². The van der Waals surface area contributed by atoms with E-state index in [4.69, 9.17) is 11.6 Å². The van der Waals surface area contributed by atoms with E-state index < -0.39 is 15.8 Å². The minimum absolute atomic E-state index is 0.101. The Kier molecular flexibility index (Phi) is 6.53. The highest BCUT2D eigenvalue weighted by Gasteiger charge is 2.21. The average molecular weight is 450 g/mol. The molecule has 160 valence electrons. The molecule has 0 atom stereocenters. The van der Waals surface area contributed by atoms with Gasteiger partial charge in [-0.3, -0.25) is 9.40 Å². The van der Waals surface area contributed by atoms with Gasteiger partial charge in [0.25, 0.3) is 10.0 Å². The number of sulfonamides is 1. The van der Waals surface area contributed by atoms with Crippen LogP contribution in [0.25, 0.3) is 0 Å². The van der Waals surface area contributed by atoms with Crippen molar-refractivity contribution in [3.63, 3.8) is 0 Å². The molecule has 3 rings (SSSR count). The van der Waals surface area contributed by atoms with Crippen LogP contribution in [0, 0.1) is 25.6 Å². The molecule has 5 nitrogen and oxygen atoms in total. The summed E-state index contributed by atoms with van der Waals surface area (Å²) in [5, 5.41) is 4.67. The van der Waals surface area contributed by atoms with E-state index in [1.807, 2.05) is 12.1 Å². The van der Waals surface area contributed by atoms with Crippen LogP contribution in [0.1, 0.15) is 36.4 Å². The minimum atomic E-state index is -3.78. The van der Waals surface area contributed by atoms with Gasteiger partial charge in [0.15, 0.2) is 0 Å². The lowest BCUT2D eigenvalue weighted by Gasteiger charge is -2.11. The van der Waals surface area contributed by atoms with Gasteiger partial charge >= 0.3 is 0 Å². The number of nitrogens with zero attached hydrogens (tertiary/aromatic N) is 2. The monoisotopic (exact) mass is 449 g/mol. The number of aryl methyl sites for hydroxylation is 1. The maximum absolute atomic E-state index is 14.1. The Labute approximate surface area is 181 Å². The molecule has 1 heterocycles. The Morgan fingerprint density at radius 3 is 2.40 bits per heavy atom. The van der Waals surface area contributed by atoms with E-state index in [1.54, 1.807) is 36.7 Å². The number of anilines is 1. The van der Waals surface area contributed by atoms with Gasteiger partial charge in [-0.1, -0.05) is 43.6 Å². The molecule has 0 unspecified atom stereocenters. The van der Waals surface area contributed by atoms with Gasteiger partial charge < -0.3 is 0 Å². The number of aromatic nitrogens is 2. The van der Waals surface area contributed by atoms with Gasteiger partial charge in [-0.15, -0.1) is 0 Å². The lowest BCUT2D eigenvalue weighted by molar-refractivity contribution is 0.579. The molecule has 0 saturated heterocycles. The Balaban J connectivity index is 1.86. The molecule has 1 N–H and O–H groups in total. The first-order valence-corrected chi connectivity index (χ1v) is 11.5. The van der Waals surface area contributed by atoms with E-state index in [-0.39, 0.29) is 11.4 Å². The van der Waals surface area contributed by atoms with Crippen molar-refractivity contribution in [3.05, 3.63) is 75.8 Å². The molecule has 0 radical (unpaired) electrons. The number of rotatable bonds is 7. The van der Waals surface area contributed by atoms with Crippen LogP contribution in [0.5, 0.6) is 0 Å². The van der Waals surface area contributed by atoms with E-state index in [0.29, 0.717) is 33.6 Å². The summed E-state index contributed by atoms with van der Waals surface area (Å²) >= 11 is 6.12. The highest BCUT2D eigenvalue weighted by Crippen LogP contribution is 2.26. The summed E-state index contributed by atoms with van der Waals surface area (Å²) in [6.07, 6.45) is 0.886. The van der Waals surface area contributed by atoms with Crippen LogP contribution in [-0.4, -0.2) is 18.2 Å². The van der Waals surface area contributed by atoms with Gasteiger partial charge in [0.05, 0.1) is 28.5 Å². The topological polar surface area (TPSA) is 64.0 Å². The number of hydrogen-bond acceptors (Lipinski definition) is 3. The zero-order chi connectivity index (χ0) is 22.1. The summed E-state index contributed by atoms with van der Waals surface area (Å²) in [7, 11) is -3.78. The summed E-state index contributed by atoms with van der Waals surface area (Å²) in [5.74, 6) is 0.0587. The fraction of sp³-hybridized carbons (Fsp3) is 0.318. The van der Waals surface area contributed by atoms with Gasteiger partial charge in [-0.2, -0.15) is 5.10 Å². The van der Waals surface area contributed by atoms with E-state index in [2.05, 4.69) is 23.7 Å². The Hall–Kier alpha value is -2.38. The third-order valence-corrected chi connectivity index (χ3v) is 6.58. The first-order valence-electron chi connectivity index (χ1n) is 9.67. The summed E-state index contributed by atoms with van der Waals surface area (Å²) in [5.41, 5.74) is 2.85. The number of benzene rings is 2. The summed E-state index contributed by atoms with van der Waals surface area (Å²) < 4.78 is 44.1. The second-order valence-corrected chi connectivity index (χ2v) is 9.84. The fourth-order valence-electron chi connectivity index (χ4n) is 3.30. The SMILES string of the molecule is Cc1nn(Cc2c(F)cccc2Cl)c(C)c1NS(=O)(=O)c1ccc(CC(C)C)cc1. The highest BCUT2D eigenvalue weighted by atomic mass is 35.5. The van der Waals surface area contributed by atoms with E-state index >= 15 is 0 Å². The molecule has 0 saturated carbocycles. The van der Waals surface area contributed by atoms with Crippen LogP contribution < -0.4 is 4.72 Å². The maximum Gasteiger partial charge on any atom is 0.262 e. The van der Waals surface area contributed by atoms with Crippen molar-refractivity contribution < 1.29 is 12.8 Å². The van der Waals surface area contributed by atoms with Crippen molar-refractivity contribution in [1.82, 2.24) is 9.78 Å². The molecule has 0 fully saturated rings. The molecule has 8 heteroatoms. The van der Waals surface area contributed by atoms with E-state index in [9.17, 15) is 12.8 Å². The molecular formula is C22H25ClFN3O2S. The molecule has 2 aromatic carbocycles. The molecule has 0 spiro atoms. The zero-order valence-corrected chi connectivity index (χ0v) is 19.0. The third-order valence-electron chi connectivity index (χ3n) is 4.87. The molecule has 0 aliphatic heterocycles. The van der Waals surface area contributed by atoms with Gasteiger partial charge in [0.2, 0.25) is 0 Å². The molecule has 0 bridgehead atoms. The van der Waals surface area contributed by atoms with Crippen LogP contribution in [0.4, 0.5) is 10.1 Å². The number of halogens is 2. The lowest BCUT2D eigenvalue weighted by Crippen LogP contribution is -2.14. The van der Waals surface area contributed by atoms with Crippen molar-refractivity contribution in [1.29, 1.82) is 0 Å². The Morgan fingerprint density at radius 2 is 1.80 bits per heavy atom. The Bertz CT molecular complexity index is 1140. The van der Waals surface area contributed by atoms with E-state index in [0.717, 1.165) is 12.0 Å². The van der Waals surface area contributed by atoms with Crippen molar-refractivity contribution in [2.75, 3.05) is 4.72 Å². The minimum Gasteiger partial charge on any atom is -0.276 e. The first-order chi connectivity index (χ1) is 14.1. The normalized spacial score (nSPS) is 11.8. The fourth-order valence-corrected chi connectivity index (χ4v) is 4.70. The van der Waals surface area contributed by atoms with Crippen molar-refractivity contribution >= 4 is 27.3 Å². The highest BCUT2D eigenvalue weighted by molar-refractivity contribution is 7.92. The predicted molar refractivity (Wildman–Crippen MR) is 118 cm³/mol. The molecular weight excluding hydrogens is 425 g/mol. The molecule has 0 aliphatic rings. The van der Waals surface area contributed by atoms with Crippen molar-refractivity contribution in [2.45, 2.75) is 45.6 Å². The average Bonchev–Trinajstić information content (AvgIpc) is 2.92. The van der Waals surface area contributed by atoms with Crippen molar-refractivity contribution in [2.24, 2.45) is 5.92 Å². The molecule has 3 aromatic rings. The zero-order valence-electron chi connectivity index (χ0n) is 17.4. The van der Waals surface area contributed by atoms with Crippen LogP contribution in [0.15, 0.2) is 47.4 Å². The van der Waals surface area contributed by atoms with Crippen LogP contribution in [0.3, 0.4) is 0 Å². The smallest absolute Gasteiger partial charge is 0.262 e. The second kappa shape index (κ2) is 8.78. The number of nitrogens with one attached hydrogen (secondary N) is 1. The number of hydrogen-bond donors (Lipinski definition) is 1. The van der Waals surface area contributed by atoms with Gasteiger partial charge in [0.1, 0.15) is 5.82 Å². The third kappa shape index (κ3) is 4.84. The van der Waals surface area contributed by atoms with Gasteiger partial charge in [0, 0.05) is 10.6 Å². The van der Waals surface area contributed by atoms with E-state index in [1.165, 1.54) is 12.1 Å². The lowest BCUT2D eigenvalue weighted by atomic mass is 10.0. The molecule has 0 aliphatic carbocycles. The standard InChI is InChI=1S/C22H25ClFN3O2S/c1-14(2)12-17-8-10-18(11-9-17)30(28,29)26-22-15(3)25-27(16(22)4)13-19-20(23)6-5-7-21(19)24/h5-11,14,26H,12-13H2,1-4H3. The first kappa shape index (κ1) is 22.3. The van der Waals surface area contributed by atoms with Crippen LogP contribution >= 0.6 is 11.6 Å². The molecule has 1 aromatic heterocycles. The summed E-state index contributed by atoms with van der Waals surface area (Å²) in [4.78, 5) is 0.179. The quantitative estimate of drug-likeness (QED) is 0.529. The van der Waals surface area contributed by atoms with Crippen molar-refractivity contribution in [3.8, 4) is 0 Å². The summed E-state index contributed by atoms with van der Waals surface area (Å²) in [6.45, 7) is 7.77. The Morgan fingerprint density at radius 1 is 1.13 bits per heavy atom. The largest absolute Gasteiger partial charge is 0.276 e. The molecule has 30 heavy (non-hydrogen) atoms. The van der Waals surface area contributed by atoms with Gasteiger partial charge in [-0.25, -0.2) is 12.8 Å². The summed E-state index contributed by atoms with van der Waals surface area (Å²) in [6, 6.07) is 11.4. The van der Waals surface area contributed by atoms with Gasteiger partial charge in [-0.05, 0) is 56.0 Å². The maximum atomic E-state index is 14.1. The molecule has 0 amide bonds. The predicted octanol–water partition coefficient (Wildman–Crippen LogP) is 5.34.